The first-order valence-electron chi connectivity index (χ1n) is 13.7. The molecule has 2 aromatic carbocycles. The lowest BCUT2D eigenvalue weighted by Gasteiger charge is -2.36. The maximum atomic E-state index is 15.3. The molecular weight excluding hydrogens is 579 g/mol. The molecule has 0 bridgehead atoms. The minimum atomic E-state index is -1.35. The third-order valence-corrected chi connectivity index (χ3v) is 8.73. The van der Waals surface area contributed by atoms with Gasteiger partial charge >= 0.3 is 5.97 Å². The number of thioether (sulfide) groups is 1. The van der Waals surface area contributed by atoms with Crippen LogP contribution in [0, 0.1) is 5.82 Å². The number of pyridine rings is 1. The summed E-state index contributed by atoms with van der Waals surface area (Å²) in [5.74, 6) is -2.28. The lowest BCUT2D eigenvalue weighted by atomic mass is 10.1. The summed E-state index contributed by atoms with van der Waals surface area (Å²) in [7, 11) is 1.55. The molecule has 1 N–H and O–H groups in total. The fourth-order valence-corrected chi connectivity index (χ4v) is 6.17. The number of carbonyl (C=O) groups is 4. The number of rotatable bonds is 7. The van der Waals surface area contributed by atoms with Crippen LogP contribution in [-0.2, 0) is 9.59 Å². The zero-order valence-electron chi connectivity index (χ0n) is 23.1. The number of amides is 3. The van der Waals surface area contributed by atoms with E-state index in [1.165, 1.54) is 11.1 Å². The van der Waals surface area contributed by atoms with Crippen molar-refractivity contribution in [3.63, 3.8) is 0 Å². The monoisotopic (exact) mass is 606 g/mol. The normalized spacial score (nSPS) is 18.2. The third kappa shape index (κ3) is 5.47. The maximum Gasteiger partial charge on any atom is 0.341 e. The number of anilines is 1. The van der Waals surface area contributed by atoms with Crippen LogP contribution in [0.25, 0.3) is 17.0 Å². The van der Waals surface area contributed by atoms with Crippen molar-refractivity contribution in [1.82, 2.24) is 14.4 Å². The molecule has 3 aliphatic rings. The molecule has 0 unspecified atom stereocenters. The number of imide groups is 1. The standard InChI is InChI=1S/C30H27FN4O7S/c1-42-19-6-2-17(3-7-19)12-25-28(38)35(30(41)43-25)16-26(36)33-10-8-32(9-11-33)24-14-23-20(13-22(24)31)27(37)21(29(39)40)15-34(23)18-4-5-18/h2-3,6-7,12-15,18H,4-5,8-11,16H2,1H3,(H,39,40)/b25-12+. The van der Waals surface area contributed by atoms with Gasteiger partial charge in [0.05, 0.1) is 23.2 Å². The Labute approximate surface area is 249 Å². The van der Waals surface area contributed by atoms with Crippen LogP contribution < -0.4 is 15.1 Å². The van der Waals surface area contributed by atoms with Crippen LogP contribution in [0.2, 0.25) is 0 Å². The molecule has 2 aliphatic heterocycles. The van der Waals surface area contributed by atoms with Gasteiger partial charge in [0.2, 0.25) is 11.3 Å². The number of methoxy groups -OCH3 is 1. The highest BCUT2D eigenvalue weighted by atomic mass is 32.2. The molecule has 6 rings (SSSR count). The quantitative estimate of drug-likeness (QED) is 0.402. The van der Waals surface area contributed by atoms with E-state index in [4.69, 9.17) is 4.74 Å². The van der Waals surface area contributed by atoms with Crippen molar-refractivity contribution in [2.45, 2.75) is 18.9 Å². The van der Waals surface area contributed by atoms with E-state index in [0.29, 0.717) is 16.8 Å². The second-order valence-electron chi connectivity index (χ2n) is 10.5. The number of fused-ring (bicyclic) bond motifs is 1. The van der Waals surface area contributed by atoms with Crippen molar-refractivity contribution >= 4 is 57.5 Å². The Morgan fingerprint density at radius 1 is 1.07 bits per heavy atom. The molecule has 3 amide bonds. The number of carbonyl (C=O) groups excluding carboxylic acids is 3. The molecular formula is C30H27FN4O7S. The van der Waals surface area contributed by atoms with Crippen molar-refractivity contribution < 1.29 is 33.4 Å². The number of nitrogens with zero attached hydrogens (tertiary/aromatic N) is 4. The van der Waals surface area contributed by atoms with Crippen LogP contribution in [0.15, 0.2) is 52.3 Å². The Morgan fingerprint density at radius 2 is 1.77 bits per heavy atom. The van der Waals surface area contributed by atoms with E-state index in [1.807, 2.05) is 0 Å². The van der Waals surface area contributed by atoms with Crippen LogP contribution in [0.3, 0.4) is 0 Å². The van der Waals surface area contributed by atoms with E-state index in [9.17, 15) is 29.1 Å². The summed E-state index contributed by atoms with van der Waals surface area (Å²) in [6, 6.07) is 9.71. The first-order chi connectivity index (χ1) is 20.6. The highest BCUT2D eigenvalue weighted by Crippen LogP contribution is 2.38. The van der Waals surface area contributed by atoms with Gasteiger partial charge in [-0.25, -0.2) is 9.18 Å². The number of halogens is 1. The molecule has 1 aromatic heterocycles. The predicted molar refractivity (Wildman–Crippen MR) is 158 cm³/mol. The van der Waals surface area contributed by atoms with Gasteiger partial charge in [-0.15, -0.1) is 0 Å². The number of carboxylic acids is 1. The molecule has 13 heteroatoms. The highest BCUT2D eigenvalue weighted by Gasteiger charge is 2.37. The van der Waals surface area contributed by atoms with E-state index in [0.717, 1.165) is 35.6 Å². The van der Waals surface area contributed by atoms with Gasteiger partial charge in [0.15, 0.2) is 0 Å². The molecule has 3 aromatic rings. The molecule has 1 saturated carbocycles. The zero-order chi connectivity index (χ0) is 30.4. The van der Waals surface area contributed by atoms with Crippen LogP contribution in [0.1, 0.15) is 34.8 Å². The number of carboxylic acid groups (broad SMARTS) is 1. The molecule has 222 valence electrons. The third-order valence-electron chi connectivity index (χ3n) is 7.83. The first kappa shape index (κ1) is 28.5. The first-order valence-corrected chi connectivity index (χ1v) is 14.5. The molecule has 43 heavy (non-hydrogen) atoms. The highest BCUT2D eigenvalue weighted by molar-refractivity contribution is 8.18. The minimum Gasteiger partial charge on any atom is -0.497 e. The SMILES string of the molecule is COc1ccc(/C=C2/SC(=O)N(CC(=O)N3CCN(c4cc5c(cc4F)c(=O)c(C(=O)O)cn5C4CC4)CC3)C2=O)cc1. The van der Waals surface area contributed by atoms with Crippen molar-refractivity contribution in [1.29, 1.82) is 0 Å². The summed E-state index contributed by atoms with van der Waals surface area (Å²) in [5.41, 5.74) is 0.313. The summed E-state index contributed by atoms with van der Waals surface area (Å²) >= 11 is 0.776. The van der Waals surface area contributed by atoms with Gasteiger partial charge in [-0.1, -0.05) is 12.1 Å². The molecule has 2 saturated heterocycles. The summed E-state index contributed by atoms with van der Waals surface area (Å²) in [6.07, 6.45) is 4.60. The number of ether oxygens (including phenoxy) is 1. The van der Waals surface area contributed by atoms with E-state index >= 15 is 4.39 Å². The Kier molecular flexibility index (Phi) is 7.42. The Hall–Kier alpha value is -4.65. The fourth-order valence-electron chi connectivity index (χ4n) is 5.33. The van der Waals surface area contributed by atoms with Gasteiger partial charge in [-0.05, 0) is 60.5 Å². The van der Waals surface area contributed by atoms with Crippen molar-refractivity contribution in [3.05, 3.63) is 74.7 Å². The van der Waals surface area contributed by atoms with Crippen LogP contribution in [0.5, 0.6) is 5.75 Å². The smallest absolute Gasteiger partial charge is 0.341 e. The van der Waals surface area contributed by atoms with Gasteiger partial charge in [0, 0.05) is 43.8 Å². The van der Waals surface area contributed by atoms with Gasteiger partial charge in [0.1, 0.15) is 23.7 Å². The van der Waals surface area contributed by atoms with Gasteiger partial charge in [-0.3, -0.25) is 24.1 Å². The molecule has 3 heterocycles. The summed E-state index contributed by atoms with van der Waals surface area (Å²) in [6.45, 7) is 0.653. The van der Waals surface area contributed by atoms with E-state index in [1.54, 1.807) is 53.0 Å². The molecule has 1 aliphatic carbocycles. The second-order valence-corrected chi connectivity index (χ2v) is 11.5. The fraction of sp³-hybridized carbons (Fsp3) is 0.300. The van der Waals surface area contributed by atoms with E-state index in [-0.39, 0.29) is 48.2 Å². The maximum absolute atomic E-state index is 15.3. The Balaban J connectivity index is 1.14. The van der Waals surface area contributed by atoms with Crippen LogP contribution >= 0.6 is 11.8 Å². The molecule has 0 atom stereocenters. The van der Waals surface area contributed by atoms with Crippen LogP contribution in [-0.4, -0.2) is 82.3 Å². The van der Waals surface area contributed by atoms with Gasteiger partial charge in [0.25, 0.3) is 11.1 Å². The Morgan fingerprint density at radius 3 is 2.40 bits per heavy atom. The zero-order valence-corrected chi connectivity index (χ0v) is 23.9. The van der Waals surface area contributed by atoms with Gasteiger partial charge in [-0.2, -0.15) is 0 Å². The summed E-state index contributed by atoms with van der Waals surface area (Å²) < 4.78 is 22.2. The molecule has 11 nitrogen and oxygen atoms in total. The minimum absolute atomic E-state index is 0.0140. The van der Waals surface area contributed by atoms with Gasteiger partial charge < -0.3 is 24.2 Å². The molecule has 0 spiro atoms. The topological polar surface area (TPSA) is 129 Å². The van der Waals surface area contributed by atoms with E-state index in [2.05, 4.69) is 0 Å². The number of aromatic carboxylic acids is 1. The largest absolute Gasteiger partial charge is 0.497 e. The Bertz CT molecular complexity index is 1760. The summed E-state index contributed by atoms with van der Waals surface area (Å²) in [5, 5.41) is 8.95. The average Bonchev–Trinajstić information content (AvgIpc) is 3.81. The number of hydrogen-bond acceptors (Lipinski definition) is 8. The lowest BCUT2D eigenvalue weighted by Crippen LogP contribution is -2.52. The predicted octanol–water partition coefficient (Wildman–Crippen LogP) is 3.57. The number of benzene rings is 2. The lowest BCUT2D eigenvalue weighted by molar-refractivity contribution is -0.136. The molecule has 3 fully saturated rings. The van der Waals surface area contributed by atoms with Crippen molar-refractivity contribution in [3.8, 4) is 5.75 Å². The van der Waals surface area contributed by atoms with Crippen LogP contribution in [0.4, 0.5) is 14.9 Å². The number of piperazine rings is 1. The summed E-state index contributed by atoms with van der Waals surface area (Å²) in [4.78, 5) is 67.4. The van der Waals surface area contributed by atoms with E-state index < -0.39 is 46.4 Å². The average molecular weight is 607 g/mol. The number of aromatic nitrogens is 1. The van der Waals surface area contributed by atoms with Crippen molar-refractivity contribution in [2.24, 2.45) is 0 Å². The number of hydrogen-bond donors (Lipinski definition) is 1. The molecule has 0 radical (unpaired) electrons. The second kappa shape index (κ2) is 11.2. The van der Waals surface area contributed by atoms with Crippen molar-refractivity contribution in [2.75, 3.05) is 44.7 Å².